The fourth-order valence-corrected chi connectivity index (χ4v) is 3.83. The van der Waals surface area contributed by atoms with Crippen LogP contribution in [0, 0.1) is 12.7 Å². The van der Waals surface area contributed by atoms with Gasteiger partial charge in [-0.25, -0.2) is 18.7 Å². The van der Waals surface area contributed by atoms with E-state index in [0.29, 0.717) is 11.5 Å². The van der Waals surface area contributed by atoms with Crippen molar-refractivity contribution in [1.29, 1.82) is 0 Å². The Bertz CT molecular complexity index is 1050. The van der Waals surface area contributed by atoms with Gasteiger partial charge in [0, 0.05) is 12.7 Å². The standard InChI is InChI=1S/C20H22FN5O2/c1-3-28-20(27)17-18(22)24-26-10-8-16(23-19(17)26)25-9-4-5-15(25)14-11-13(21)7-6-12(14)2/h6-8,10-11,15H,3-5,9H2,1-2H3,(H2,22,24). The van der Waals surface area contributed by atoms with E-state index in [1.807, 2.05) is 13.0 Å². The molecular formula is C20H22FN5O2. The lowest BCUT2D eigenvalue weighted by Gasteiger charge is -2.27. The number of fused-ring (bicyclic) bond motifs is 1. The molecule has 0 bridgehead atoms. The number of nitrogens with two attached hydrogens (primary N) is 1. The highest BCUT2D eigenvalue weighted by molar-refractivity contribution is 6.00. The smallest absolute Gasteiger partial charge is 0.345 e. The maximum atomic E-state index is 13.8. The Morgan fingerprint density at radius 2 is 2.21 bits per heavy atom. The third-order valence-corrected chi connectivity index (χ3v) is 5.12. The molecule has 2 aromatic heterocycles. The lowest BCUT2D eigenvalue weighted by atomic mass is 9.99. The molecule has 28 heavy (non-hydrogen) atoms. The number of hydrogen-bond donors (Lipinski definition) is 1. The predicted octanol–water partition coefficient (Wildman–Crippen LogP) is 3.28. The zero-order valence-electron chi connectivity index (χ0n) is 15.9. The first-order valence-electron chi connectivity index (χ1n) is 9.34. The largest absolute Gasteiger partial charge is 0.462 e. The van der Waals surface area contributed by atoms with Crippen LogP contribution in [0.2, 0.25) is 0 Å². The molecule has 0 spiro atoms. The molecule has 8 heteroatoms. The minimum Gasteiger partial charge on any atom is -0.462 e. The fourth-order valence-electron chi connectivity index (χ4n) is 3.83. The van der Waals surface area contributed by atoms with Gasteiger partial charge in [0.05, 0.1) is 12.6 Å². The van der Waals surface area contributed by atoms with Gasteiger partial charge in [-0.1, -0.05) is 6.07 Å². The summed E-state index contributed by atoms with van der Waals surface area (Å²) in [5.41, 5.74) is 8.44. The number of aromatic nitrogens is 3. The van der Waals surface area contributed by atoms with Gasteiger partial charge in [-0.05, 0) is 56.0 Å². The number of aryl methyl sites for hydroxylation is 1. The molecule has 1 atom stereocenters. The Kier molecular flexibility index (Phi) is 4.62. The van der Waals surface area contributed by atoms with E-state index in [4.69, 9.17) is 10.5 Å². The highest BCUT2D eigenvalue weighted by Gasteiger charge is 2.30. The summed E-state index contributed by atoms with van der Waals surface area (Å²) in [5, 5.41) is 4.15. The summed E-state index contributed by atoms with van der Waals surface area (Å²) in [6, 6.07) is 6.73. The Balaban J connectivity index is 1.77. The van der Waals surface area contributed by atoms with Gasteiger partial charge in [-0.3, -0.25) is 0 Å². The monoisotopic (exact) mass is 383 g/mol. The first kappa shape index (κ1) is 18.2. The summed E-state index contributed by atoms with van der Waals surface area (Å²) in [7, 11) is 0. The molecule has 1 saturated heterocycles. The van der Waals surface area contributed by atoms with E-state index < -0.39 is 5.97 Å². The molecule has 1 unspecified atom stereocenters. The van der Waals surface area contributed by atoms with Crippen LogP contribution < -0.4 is 10.6 Å². The average molecular weight is 383 g/mol. The molecule has 0 amide bonds. The van der Waals surface area contributed by atoms with Crippen LogP contribution in [0.15, 0.2) is 30.5 Å². The van der Waals surface area contributed by atoms with Crippen LogP contribution in [0.1, 0.15) is 47.3 Å². The number of nitrogen functional groups attached to an aromatic ring is 1. The number of nitrogens with zero attached hydrogens (tertiary/aromatic N) is 4. The molecule has 0 aliphatic carbocycles. The molecule has 3 aromatic rings. The van der Waals surface area contributed by atoms with Gasteiger partial charge >= 0.3 is 5.97 Å². The van der Waals surface area contributed by atoms with Crippen molar-refractivity contribution in [2.75, 3.05) is 23.8 Å². The molecule has 1 fully saturated rings. The summed E-state index contributed by atoms with van der Waals surface area (Å²) >= 11 is 0. The normalized spacial score (nSPS) is 16.7. The van der Waals surface area contributed by atoms with Crippen molar-refractivity contribution in [2.24, 2.45) is 0 Å². The summed E-state index contributed by atoms with van der Waals surface area (Å²) < 4.78 is 20.4. The van der Waals surface area contributed by atoms with Gasteiger partial charge in [0.15, 0.2) is 11.5 Å². The van der Waals surface area contributed by atoms with Crippen molar-refractivity contribution >= 4 is 23.3 Å². The van der Waals surface area contributed by atoms with E-state index in [2.05, 4.69) is 15.0 Å². The van der Waals surface area contributed by atoms with Gasteiger partial charge in [0.1, 0.15) is 17.2 Å². The van der Waals surface area contributed by atoms with E-state index in [-0.39, 0.29) is 29.8 Å². The van der Waals surface area contributed by atoms with Gasteiger partial charge in [-0.2, -0.15) is 0 Å². The third kappa shape index (κ3) is 3.04. The molecule has 1 aliphatic rings. The van der Waals surface area contributed by atoms with Crippen LogP contribution in [-0.4, -0.2) is 33.7 Å². The fraction of sp³-hybridized carbons (Fsp3) is 0.350. The Morgan fingerprint density at radius 1 is 1.39 bits per heavy atom. The number of carbonyl (C=O) groups is 1. The topological polar surface area (TPSA) is 85.8 Å². The molecule has 3 heterocycles. The van der Waals surface area contributed by atoms with Crippen LogP contribution >= 0.6 is 0 Å². The molecule has 2 N–H and O–H groups in total. The molecule has 146 valence electrons. The summed E-state index contributed by atoms with van der Waals surface area (Å²) in [6.07, 6.45) is 3.60. The molecule has 0 radical (unpaired) electrons. The first-order chi connectivity index (χ1) is 13.5. The summed E-state index contributed by atoms with van der Waals surface area (Å²) in [4.78, 5) is 19.1. The highest BCUT2D eigenvalue weighted by atomic mass is 19.1. The van der Waals surface area contributed by atoms with Crippen LogP contribution in [0.5, 0.6) is 0 Å². The van der Waals surface area contributed by atoms with E-state index in [1.165, 1.54) is 10.6 Å². The number of ether oxygens (including phenoxy) is 1. The van der Waals surface area contributed by atoms with Crippen molar-refractivity contribution in [3.05, 3.63) is 53.0 Å². The van der Waals surface area contributed by atoms with E-state index in [1.54, 1.807) is 25.3 Å². The molecule has 0 saturated carbocycles. The van der Waals surface area contributed by atoms with Crippen molar-refractivity contribution in [3.63, 3.8) is 0 Å². The average Bonchev–Trinajstić information content (AvgIpc) is 3.27. The van der Waals surface area contributed by atoms with Gasteiger partial charge in [0.2, 0.25) is 0 Å². The lowest BCUT2D eigenvalue weighted by Crippen LogP contribution is -2.24. The number of esters is 1. The quantitative estimate of drug-likeness (QED) is 0.696. The van der Waals surface area contributed by atoms with E-state index in [9.17, 15) is 9.18 Å². The van der Waals surface area contributed by atoms with Crippen LogP contribution in [0.3, 0.4) is 0 Å². The Morgan fingerprint density at radius 3 is 3.00 bits per heavy atom. The molecule has 7 nitrogen and oxygen atoms in total. The maximum absolute atomic E-state index is 13.8. The van der Waals surface area contributed by atoms with Gasteiger partial charge in [-0.15, -0.1) is 5.10 Å². The van der Waals surface area contributed by atoms with Crippen molar-refractivity contribution in [2.45, 2.75) is 32.7 Å². The van der Waals surface area contributed by atoms with E-state index >= 15 is 0 Å². The SMILES string of the molecule is CCOC(=O)c1c(N)nn2ccc(N3CCCC3c3cc(F)ccc3C)nc12. The second kappa shape index (κ2) is 7.10. The molecular weight excluding hydrogens is 361 g/mol. The second-order valence-corrected chi connectivity index (χ2v) is 6.89. The number of benzene rings is 1. The minimum absolute atomic E-state index is 0.0250. The molecule has 1 aliphatic heterocycles. The van der Waals surface area contributed by atoms with Crippen LogP contribution in [0.4, 0.5) is 16.0 Å². The number of halogens is 1. The summed E-state index contributed by atoms with van der Waals surface area (Å²) in [5.74, 6) is -0.00576. The number of anilines is 2. The highest BCUT2D eigenvalue weighted by Crippen LogP contribution is 2.37. The summed E-state index contributed by atoms with van der Waals surface area (Å²) in [6.45, 7) is 4.75. The number of hydrogen-bond acceptors (Lipinski definition) is 6. The van der Waals surface area contributed by atoms with Crippen LogP contribution in [-0.2, 0) is 4.74 Å². The Labute approximate surface area is 161 Å². The predicted molar refractivity (Wildman–Crippen MR) is 104 cm³/mol. The van der Waals surface area contributed by atoms with Crippen molar-refractivity contribution in [1.82, 2.24) is 14.6 Å². The zero-order valence-corrected chi connectivity index (χ0v) is 15.9. The lowest BCUT2D eigenvalue weighted by molar-refractivity contribution is 0.0529. The van der Waals surface area contributed by atoms with Gasteiger partial charge in [0.25, 0.3) is 0 Å². The zero-order chi connectivity index (χ0) is 19.8. The molecule has 4 rings (SSSR count). The number of carbonyl (C=O) groups excluding carboxylic acids is 1. The second-order valence-electron chi connectivity index (χ2n) is 6.89. The third-order valence-electron chi connectivity index (χ3n) is 5.12. The van der Waals surface area contributed by atoms with E-state index in [0.717, 1.165) is 30.5 Å². The first-order valence-corrected chi connectivity index (χ1v) is 9.34. The minimum atomic E-state index is -0.543. The van der Waals surface area contributed by atoms with Crippen LogP contribution in [0.25, 0.3) is 5.65 Å². The maximum Gasteiger partial charge on any atom is 0.345 e. The molecule has 1 aromatic carbocycles. The van der Waals surface area contributed by atoms with Crippen molar-refractivity contribution < 1.29 is 13.9 Å². The Hall–Kier alpha value is -3.16. The van der Waals surface area contributed by atoms with Crippen molar-refractivity contribution in [3.8, 4) is 0 Å². The van der Waals surface area contributed by atoms with Gasteiger partial charge < -0.3 is 15.4 Å². The number of rotatable bonds is 4.